The number of carbonyl (C=O) groups is 1. The van der Waals surface area contributed by atoms with Gasteiger partial charge in [0.2, 0.25) is 5.91 Å². The van der Waals surface area contributed by atoms with Crippen LogP contribution in [0.15, 0.2) is 23.2 Å². The lowest BCUT2D eigenvalue weighted by Crippen LogP contribution is -2.49. The number of rotatable bonds is 9. The second-order valence-electron chi connectivity index (χ2n) is 7.56. The fourth-order valence-corrected chi connectivity index (χ4v) is 3.78. The molecule has 9 heteroatoms. The quantitative estimate of drug-likeness (QED) is 0.469. The van der Waals surface area contributed by atoms with E-state index in [4.69, 9.17) is 4.74 Å². The average molecular weight is 427 g/mol. The van der Waals surface area contributed by atoms with Gasteiger partial charge >= 0.3 is 6.61 Å². The van der Waals surface area contributed by atoms with Crippen LogP contribution in [0.25, 0.3) is 0 Å². The van der Waals surface area contributed by atoms with Crippen LogP contribution in [0, 0.1) is 5.41 Å². The number of guanidine groups is 1. The number of benzene rings is 1. The van der Waals surface area contributed by atoms with Gasteiger partial charge in [0.05, 0.1) is 12.0 Å². The van der Waals surface area contributed by atoms with E-state index in [0.717, 1.165) is 31.2 Å². The summed E-state index contributed by atoms with van der Waals surface area (Å²) in [6.45, 7) is 0.112. The Morgan fingerprint density at radius 1 is 1.23 bits per heavy atom. The minimum absolute atomic E-state index is 0.00322. The highest BCUT2D eigenvalue weighted by Crippen LogP contribution is 2.39. The zero-order valence-corrected chi connectivity index (χ0v) is 18.1. The minimum Gasteiger partial charge on any atom is -0.490 e. The molecule has 0 saturated heterocycles. The second-order valence-corrected chi connectivity index (χ2v) is 7.56. The van der Waals surface area contributed by atoms with Gasteiger partial charge in [-0.1, -0.05) is 18.9 Å². The number of ether oxygens (including phenoxy) is 2. The van der Waals surface area contributed by atoms with Gasteiger partial charge in [0.25, 0.3) is 0 Å². The van der Waals surface area contributed by atoms with Crippen molar-refractivity contribution in [3.8, 4) is 11.5 Å². The van der Waals surface area contributed by atoms with Crippen LogP contribution in [0.4, 0.5) is 8.78 Å². The number of halogens is 2. The van der Waals surface area contributed by atoms with Crippen molar-refractivity contribution in [1.82, 2.24) is 15.5 Å². The predicted octanol–water partition coefficient (Wildman–Crippen LogP) is 3.00. The molecule has 0 aliphatic heterocycles. The fraction of sp³-hybridized carbons (Fsp3) is 0.619. The maximum absolute atomic E-state index is 12.7. The molecule has 1 aromatic carbocycles. The molecular formula is C21H32F2N4O3. The van der Waals surface area contributed by atoms with E-state index in [1.54, 1.807) is 45.1 Å². The Morgan fingerprint density at radius 2 is 1.93 bits per heavy atom. The largest absolute Gasteiger partial charge is 0.490 e. The lowest BCUT2D eigenvalue weighted by Gasteiger charge is -2.31. The molecule has 1 saturated carbocycles. The van der Waals surface area contributed by atoms with E-state index < -0.39 is 12.0 Å². The molecule has 2 rings (SSSR count). The molecule has 0 spiro atoms. The molecule has 0 radical (unpaired) electrons. The highest BCUT2D eigenvalue weighted by molar-refractivity contribution is 5.85. The third-order valence-electron chi connectivity index (χ3n) is 5.22. The number of amides is 1. The second kappa shape index (κ2) is 11.0. The first-order valence-corrected chi connectivity index (χ1v) is 10.2. The molecule has 1 aliphatic carbocycles. The van der Waals surface area contributed by atoms with Crippen molar-refractivity contribution in [2.24, 2.45) is 10.4 Å². The molecule has 7 nitrogen and oxygen atoms in total. The first kappa shape index (κ1) is 23.7. The van der Waals surface area contributed by atoms with Crippen LogP contribution >= 0.6 is 0 Å². The highest BCUT2D eigenvalue weighted by Gasteiger charge is 2.42. The van der Waals surface area contributed by atoms with Crippen LogP contribution in [0.3, 0.4) is 0 Å². The van der Waals surface area contributed by atoms with Crippen molar-refractivity contribution in [2.45, 2.75) is 45.8 Å². The van der Waals surface area contributed by atoms with Crippen molar-refractivity contribution in [3.05, 3.63) is 23.8 Å². The Balaban J connectivity index is 2.00. The Bertz CT molecular complexity index is 735. The molecule has 2 N–H and O–H groups in total. The van der Waals surface area contributed by atoms with Gasteiger partial charge in [-0.05, 0) is 37.5 Å². The summed E-state index contributed by atoms with van der Waals surface area (Å²) < 4.78 is 35.0. The monoisotopic (exact) mass is 426 g/mol. The van der Waals surface area contributed by atoms with E-state index in [-0.39, 0.29) is 17.4 Å². The lowest BCUT2D eigenvalue weighted by molar-refractivity contribution is -0.138. The third kappa shape index (κ3) is 6.21. The number of nitrogens with zero attached hydrogens (tertiary/aromatic N) is 2. The van der Waals surface area contributed by atoms with Gasteiger partial charge < -0.3 is 25.0 Å². The van der Waals surface area contributed by atoms with Gasteiger partial charge in [0.15, 0.2) is 17.5 Å². The maximum Gasteiger partial charge on any atom is 0.387 e. The number of carbonyl (C=O) groups excluding carboxylic acids is 1. The summed E-state index contributed by atoms with van der Waals surface area (Å²) in [5.74, 6) is 0.975. The fourth-order valence-electron chi connectivity index (χ4n) is 3.78. The normalized spacial score (nSPS) is 15.8. The zero-order valence-electron chi connectivity index (χ0n) is 18.1. The number of hydrogen-bond acceptors (Lipinski definition) is 4. The first-order chi connectivity index (χ1) is 14.3. The van der Waals surface area contributed by atoms with Gasteiger partial charge in [0.1, 0.15) is 0 Å². The topological polar surface area (TPSA) is 75.2 Å². The lowest BCUT2D eigenvalue weighted by atomic mass is 9.84. The van der Waals surface area contributed by atoms with Crippen LogP contribution in [0.5, 0.6) is 11.5 Å². The molecule has 1 fully saturated rings. The average Bonchev–Trinajstić information content (AvgIpc) is 3.19. The Kier molecular flexibility index (Phi) is 8.68. The molecule has 168 valence electrons. The molecule has 0 heterocycles. The van der Waals surface area contributed by atoms with Crippen LogP contribution in [-0.4, -0.2) is 57.7 Å². The maximum atomic E-state index is 12.7. The summed E-state index contributed by atoms with van der Waals surface area (Å²) in [7, 11) is 5.23. The molecule has 0 unspecified atom stereocenters. The summed E-state index contributed by atoms with van der Waals surface area (Å²) in [5.41, 5.74) is 0.417. The van der Waals surface area contributed by atoms with Crippen LogP contribution in [-0.2, 0) is 11.3 Å². The third-order valence-corrected chi connectivity index (χ3v) is 5.22. The van der Waals surface area contributed by atoms with E-state index in [2.05, 4.69) is 20.4 Å². The number of alkyl halides is 2. The summed E-state index contributed by atoms with van der Waals surface area (Å²) in [4.78, 5) is 18.6. The molecule has 0 bridgehead atoms. The Labute approximate surface area is 176 Å². The van der Waals surface area contributed by atoms with Gasteiger partial charge in [-0.25, -0.2) is 0 Å². The van der Waals surface area contributed by atoms with Gasteiger partial charge in [-0.2, -0.15) is 8.78 Å². The number of hydrogen-bond donors (Lipinski definition) is 2. The van der Waals surface area contributed by atoms with Crippen molar-refractivity contribution >= 4 is 11.9 Å². The smallest absolute Gasteiger partial charge is 0.387 e. The van der Waals surface area contributed by atoms with Crippen LogP contribution < -0.4 is 20.1 Å². The number of nitrogens with one attached hydrogen (secondary N) is 2. The van der Waals surface area contributed by atoms with Crippen molar-refractivity contribution < 1.29 is 23.0 Å². The predicted molar refractivity (Wildman–Crippen MR) is 112 cm³/mol. The van der Waals surface area contributed by atoms with E-state index in [1.165, 1.54) is 6.07 Å². The number of aliphatic imine (C=N–C) groups is 1. The Hall–Kier alpha value is -2.58. The molecule has 1 aliphatic rings. The highest BCUT2D eigenvalue weighted by atomic mass is 19.3. The van der Waals surface area contributed by atoms with Crippen molar-refractivity contribution in [1.29, 1.82) is 0 Å². The molecule has 0 aromatic heterocycles. The first-order valence-electron chi connectivity index (χ1n) is 10.2. The summed E-state index contributed by atoms with van der Waals surface area (Å²) >= 11 is 0. The summed E-state index contributed by atoms with van der Waals surface area (Å²) in [6.07, 6.45) is 3.80. The van der Waals surface area contributed by atoms with E-state index >= 15 is 0 Å². The SMILES string of the molecule is CCOc1cc(CNC(=NC)NCC2(C(=O)N(C)C)CCCC2)ccc1OC(F)F. The summed E-state index contributed by atoms with van der Waals surface area (Å²) in [5, 5.41) is 6.47. The molecular weight excluding hydrogens is 394 g/mol. The van der Waals surface area contributed by atoms with Crippen molar-refractivity contribution in [3.63, 3.8) is 0 Å². The minimum atomic E-state index is -2.91. The van der Waals surface area contributed by atoms with Gasteiger partial charge in [-0.15, -0.1) is 0 Å². The van der Waals surface area contributed by atoms with Gasteiger partial charge in [0, 0.05) is 34.2 Å². The molecule has 1 aromatic rings. The summed E-state index contributed by atoms with van der Waals surface area (Å²) in [6, 6.07) is 4.82. The standard InChI is InChI=1S/C21H32F2N4O3/c1-5-29-17-12-15(8-9-16(17)30-19(22)23)13-25-20(24-2)26-14-21(10-6-7-11-21)18(28)27(3)4/h8-9,12,19H,5-7,10-11,13-14H2,1-4H3,(H2,24,25,26). The molecule has 1 amide bonds. The molecule has 0 atom stereocenters. The zero-order chi connectivity index (χ0) is 22.1. The van der Waals surface area contributed by atoms with E-state index in [1.807, 2.05) is 0 Å². The molecule has 30 heavy (non-hydrogen) atoms. The van der Waals surface area contributed by atoms with Crippen molar-refractivity contribution in [2.75, 3.05) is 34.3 Å². The van der Waals surface area contributed by atoms with E-state index in [9.17, 15) is 13.6 Å². The Morgan fingerprint density at radius 3 is 2.50 bits per heavy atom. The van der Waals surface area contributed by atoms with E-state index in [0.29, 0.717) is 25.7 Å². The van der Waals surface area contributed by atoms with Crippen LogP contribution in [0.1, 0.15) is 38.2 Å². The van der Waals surface area contributed by atoms with Gasteiger partial charge in [-0.3, -0.25) is 9.79 Å². The van der Waals surface area contributed by atoms with Crippen LogP contribution in [0.2, 0.25) is 0 Å².